The Kier molecular flexibility index (Phi) is 4.18. The zero-order valence-corrected chi connectivity index (χ0v) is 11.2. The first-order chi connectivity index (χ1) is 8.15. The van der Waals surface area contributed by atoms with E-state index in [2.05, 4.69) is 21.7 Å². The number of carbonyl (C=O) groups excluding carboxylic acids is 1. The predicted molar refractivity (Wildman–Crippen MR) is 69.0 cm³/mol. The fraction of sp³-hybridized carbons (Fsp3) is 0.615. The van der Waals surface area contributed by atoms with Crippen molar-refractivity contribution in [3.63, 3.8) is 0 Å². The molecule has 0 aliphatic heterocycles. The van der Waals surface area contributed by atoms with Gasteiger partial charge in [-0.25, -0.2) is 0 Å². The highest BCUT2D eigenvalue weighted by Gasteiger charge is 2.30. The van der Waals surface area contributed by atoms with Crippen LogP contribution in [0.4, 0.5) is 0 Å². The number of hydrogen-bond donors (Lipinski definition) is 0. The van der Waals surface area contributed by atoms with E-state index in [9.17, 15) is 4.79 Å². The molecule has 0 N–H and O–H groups in total. The average molecular weight is 253 g/mol. The highest BCUT2D eigenvalue weighted by atomic mass is 32.1. The van der Waals surface area contributed by atoms with Crippen LogP contribution in [0, 0.1) is 0 Å². The minimum atomic E-state index is -0.109. The summed E-state index contributed by atoms with van der Waals surface area (Å²) in [4.78, 5) is 13.9. The molecule has 3 nitrogen and oxygen atoms in total. The van der Waals surface area contributed by atoms with Gasteiger partial charge in [-0.15, -0.1) is 0 Å². The minimum Gasteiger partial charge on any atom is -0.462 e. The van der Waals surface area contributed by atoms with Crippen LogP contribution in [0.2, 0.25) is 0 Å². The van der Waals surface area contributed by atoms with Crippen LogP contribution in [-0.2, 0) is 16.1 Å². The van der Waals surface area contributed by atoms with E-state index >= 15 is 0 Å². The summed E-state index contributed by atoms with van der Waals surface area (Å²) in [6.07, 6.45) is 2.39. The second-order valence-electron chi connectivity index (χ2n) is 4.81. The summed E-state index contributed by atoms with van der Waals surface area (Å²) < 4.78 is 5.20. The molecule has 94 valence electrons. The van der Waals surface area contributed by atoms with E-state index in [1.165, 1.54) is 18.4 Å². The molecular formula is C13H19NO2S. The molecule has 0 amide bonds. The Morgan fingerprint density at radius 2 is 2.35 bits per heavy atom. The summed E-state index contributed by atoms with van der Waals surface area (Å²) in [5.74, 6) is -0.109. The number of carbonyl (C=O) groups is 1. The van der Waals surface area contributed by atoms with E-state index in [1.807, 2.05) is 13.8 Å². The lowest BCUT2D eigenvalue weighted by molar-refractivity contribution is -0.149. The van der Waals surface area contributed by atoms with Crippen molar-refractivity contribution in [1.29, 1.82) is 0 Å². The Hall–Kier alpha value is -0.870. The highest BCUT2D eigenvalue weighted by molar-refractivity contribution is 7.07. The maximum Gasteiger partial charge on any atom is 0.320 e. The summed E-state index contributed by atoms with van der Waals surface area (Å²) >= 11 is 1.70. The summed E-state index contributed by atoms with van der Waals surface area (Å²) in [6.45, 7) is 5.05. The first kappa shape index (κ1) is 12.6. The molecule has 1 fully saturated rings. The number of hydrogen-bond acceptors (Lipinski definition) is 4. The second-order valence-corrected chi connectivity index (χ2v) is 5.59. The molecule has 1 aromatic heterocycles. The monoisotopic (exact) mass is 253 g/mol. The fourth-order valence-electron chi connectivity index (χ4n) is 1.84. The Morgan fingerprint density at radius 1 is 1.59 bits per heavy atom. The van der Waals surface area contributed by atoms with Crippen molar-refractivity contribution in [2.24, 2.45) is 0 Å². The van der Waals surface area contributed by atoms with Crippen LogP contribution in [0.1, 0.15) is 32.3 Å². The Morgan fingerprint density at radius 3 is 2.88 bits per heavy atom. The molecule has 0 spiro atoms. The number of rotatable bonds is 6. The van der Waals surface area contributed by atoms with Crippen molar-refractivity contribution in [1.82, 2.24) is 4.90 Å². The maximum atomic E-state index is 11.7. The van der Waals surface area contributed by atoms with E-state index in [0.717, 1.165) is 6.54 Å². The third-order valence-electron chi connectivity index (χ3n) is 2.73. The third-order valence-corrected chi connectivity index (χ3v) is 3.46. The van der Waals surface area contributed by atoms with Gasteiger partial charge in [0.15, 0.2) is 0 Å². The highest BCUT2D eigenvalue weighted by Crippen LogP contribution is 2.28. The molecule has 1 heterocycles. The topological polar surface area (TPSA) is 29.5 Å². The van der Waals surface area contributed by atoms with Gasteiger partial charge in [0.25, 0.3) is 0 Å². The van der Waals surface area contributed by atoms with Gasteiger partial charge in [0.2, 0.25) is 0 Å². The smallest absolute Gasteiger partial charge is 0.320 e. The van der Waals surface area contributed by atoms with Gasteiger partial charge in [-0.05, 0) is 49.1 Å². The molecular weight excluding hydrogens is 234 g/mol. The molecule has 2 rings (SSSR count). The molecule has 0 unspecified atom stereocenters. The van der Waals surface area contributed by atoms with Gasteiger partial charge in [-0.1, -0.05) is 0 Å². The lowest BCUT2D eigenvalue weighted by atomic mass is 10.3. The maximum absolute atomic E-state index is 11.7. The third kappa shape index (κ3) is 4.13. The first-order valence-electron chi connectivity index (χ1n) is 6.09. The predicted octanol–water partition coefficient (Wildman–Crippen LogP) is 2.66. The molecule has 17 heavy (non-hydrogen) atoms. The van der Waals surface area contributed by atoms with Gasteiger partial charge < -0.3 is 4.74 Å². The first-order valence-corrected chi connectivity index (χ1v) is 7.04. The summed E-state index contributed by atoms with van der Waals surface area (Å²) in [5, 5.41) is 4.22. The molecule has 1 saturated carbocycles. The van der Waals surface area contributed by atoms with Crippen LogP contribution in [0.25, 0.3) is 0 Å². The fourth-order valence-corrected chi connectivity index (χ4v) is 2.50. The van der Waals surface area contributed by atoms with E-state index in [1.54, 1.807) is 11.3 Å². The normalized spacial score (nSPS) is 15.5. The van der Waals surface area contributed by atoms with Crippen molar-refractivity contribution in [3.8, 4) is 0 Å². The average Bonchev–Trinajstić information content (AvgIpc) is 2.96. The van der Waals surface area contributed by atoms with Crippen LogP contribution in [0.5, 0.6) is 0 Å². The van der Waals surface area contributed by atoms with Gasteiger partial charge in [0.05, 0.1) is 12.6 Å². The standard InChI is InChI=1S/C13H19NO2S/c1-10(2)16-13(15)8-14(12-3-4-12)7-11-5-6-17-9-11/h5-6,9-10,12H,3-4,7-8H2,1-2H3. The molecule has 1 aliphatic carbocycles. The molecule has 1 aliphatic rings. The number of ether oxygens (including phenoxy) is 1. The largest absolute Gasteiger partial charge is 0.462 e. The summed E-state index contributed by atoms with van der Waals surface area (Å²) in [6, 6.07) is 2.70. The number of nitrogens with zero attached hydrogens (tertiary/aromatic N) is 1. The zero-order chi connectivity index (χ0) is 12.3. The number of thiophene rings is 1. The number of esters is 1. The molecule has 4 heteroatoms. The van der Waals surface area contributed by atoms with Gasteiger partial charge in [-0.2, -0.15) is 11.3 Å². The Labute approximate surface area is 106 Å². The van der Waals surface area contributed by atoms with Crippen LogP contribution in [-0.4, -0.2) is 29.6 Å². The SMILES string of the molecule is CC(C)OC(=O)CN(Cc1ccsc1)C1CC1. The molecule has 0 bridgehead atoms. The van der Waals surface area contributed by atoms with E-state index in [4.69, 9.17) is 4.74 Å². The van der Waals surface area contributed by atoms with Crippen LogP contribution in [0.15, 0.2) is 16.8 Å². The lowest BCUT2D eigenvalue weighted by Crippen LogP contribution is -2.33. The van der Waals surface area contributed by atoms with Gasteiger partial charge in [0, 0.05) is 12.6 Å². The lowest BCUT2D eigenvalue weighted by Gasteiger charge is -2.21. The van der Waals surface area contributed by atoms with E-state index in [0.29, 0.717) is 12.6 Å². The Bertz CT molecular complexity index is 358. The van der Waals surface area contributed by atoms with Crippen LogP contribution in [0.3, 0.4) is 0 Å². The van der Waals surface area contributed by atoms with Crippen molar-refractivity contribution >= 4 is 17.3 Å². The van der Waals surface area contributed by atoms with Gasteiger partial charge in [-0.3, -0.25) is 9.69 Å². The second kappa shape index (κ2) is 5.65. The van der Waals surface area contributed by atoms with Crippen molar-refractivity contribution in [2.75, 3.05) is 6.54 Å². The zero-order valence-electron chi connectivity index (χ0n) is 10.4. The molecule has 0 radical (unpaired) electrons. The van der Waals surface area contributed by atoms with Crippen LogP contribution >= 0.6 is 11.3 Å². The molecule has 0 saturated heterocycles. The minimum absolute atomic E-state index is 0.0234. The van der Waals surface area contributed by atoms with Crippen molar-refractivity contribution < 1.29 is 9.53 Å². The van der Waals surface area contributed by atoms with Crippen LogP contribution < -0.4 is 0 Å². The molecule has 0 atom stereocenters. The van der Waals surface area contributed by atoms with Gasteiger partial charge >= 0.3 is 5.97 Å². The molecule has 1 aromatic rings. The van der Waals surface area contributed by atoms with E-state index < -0.39 is 0 Å². The van der Waals surface area contributed by atoms with E-state index in [-0.39, 0.29) is 12.1 Å². The quantitative estimate of drug-likeness (QED) is 0.730. The van der Waals surface area contributed by atoms with Gasteiger partial charge in [0.1, 0.15) is 0 Å². The summed E-state index contributed by atoms with van der Waals surface area (Å²) in [7, 11) is 0. The van der Waals surface area contributed by atoms with Crippen molar-refractivity contribution in [2.45, 2.75) is 45.4 Å². The Balaban J connectivity index is 1.87. The molecule has 0 aromatic carbocycles. The van der Waals surface area contributed by atoms with Crippen molar-refractivity contribution in [3.05, 3.63) is 22.4 Å². The summed E-state index contributed by atoms with van der Waals surface area (Å²) in [5.41, 5.74) is 1.29.